The molecule has 0 N–H and O–H groups in total. The molecule has 49 heavy (non-hydrogen) atoms. The number of alkyl halides is 3. The lowest BCUT2D eigenvalue weighted by Crippen LogP contribution is -2.67. The van der Waals surface area contributed by atoms with Gasteiger partial charge >= 0.3 is 12.2 Å². The van der Waals surface area contributed by atoms with Crippen LogP contribution in [0.1, 0.15) is 29.0 Å². The van der Waals surface area contributed by atoms with Crippen LogP contribution in [0.5, 0.6) is 17.8 Å². The number of fused-ring (bicyclic) bond motifs is 1. The summed E-state index contributed by atoms with van der Waals surface area (Å²) >= 11 is 0. The van der Waals surface area contributed by atoms with E-state index in [1.54, 1.807) is 0 Å². The molecule has 0 bridgehead atoms. The lowest BCUT2D eigenvalue weighted by Gasteiger charge is -2.53. The number of carbonyl (C=O) groups excluding carboxylic acids is 1. The highest BCUT2D eigenvalue weighted by atomic mass is 35.5. The number of halogens is 5. The van der Waals surface area contributed by atoms with Crippen LogP contribution in [0, 0.1) is 5.92 Å². The summed E-state index contributed by atoms with van der Waals surface area (Å²) in [5, 5.41) is 0. The third-order valence-corrected chi connectivity index (χ3v) is 9.20. The van der Waals surface area contributed by atoms with Crippen LogP contribution in [0.2, 0.25) is 0 Å². The Morgan fingerprint density at radius 1 is 0.918 bits per heavy atom. The fraction of sp³-hybridized carbons (Fsp3) is 0.500. The molecule has 3 fully saturated rings. The number of benzene rings is 2. The molecule has 3 aliphatic rings. The van der Waals surface area contributed by atoms with Crippen molar-refractivity contribution in [3.05, 3.63) is 77.4 Å². The summed E-state index contributed by atoms with van der Waals surface area (Å²) < 4.78 is 61.2. The van der Waals surface area contributed by atoms with E-state index in [9.17, 15) is 18.0 Å². The van der Waals surface area contributed by atoms with E-state index in [2.05, 4.69) is 44.0 Å². The van der Waals surface area contributed by atoms with Crippen molar-refractivity contribution in [2.45, 2.75) is 37.1 Å². The van der Waals surface area contributed by atoms with Crippen molar-refractivity contribution in [2.75, 3.05) is 66.8 Å². The highest BCUT2D eigenvalue weighted by molar-refractivity contribution is 5.85. The summed E-state index contributed by atoms with van der Waals surface area (Å²) in [5.41, 5.74) is 2.61. The monoisotopic (exact) mass is 727 g/mol. The zero-order chi connectivity index (χ0) is 33.0. The molecule has 3 aliphatic heterocycles. The fourth-order valence-electron chi connectivity index (χ4n) is 7.10. The van der Waals surface area contributed by atoms with Crippen molar-refractivity contribution in [2.24, 2.45) is 5.92 Å². The predicted molar refractivity (Wildman–Crippen MR) is 181 cm³/mol. The first kappa shape index (κ1) is 38.4. The van der Waals surface area contributed by atoms with E-state index in [1.165, 1.54) is 14.2 Å². The van der Waals surface area contributed by atoms with Gasteiger partial charge in [-0.1, -0.05) is 60.7 Å². The van der Waals surface area contributed by atoms with Gasteiger partial charge in [-0.05, 0) is 17.5 Å². The first-order valence-corrected chi connectivity index (χ1v) is 15.9. The number of hydrogen-bond acceptors (Lipinski definition) is 9. The normalized spacial score (nSPS) is 21.3. The Morgan fingerprint density at radius 2 is 1.57 bits per heavy atom. The first-order chi connectivity index (χ1) is 22.7. The summed E-state index contributed by atoms with van der Waals surface area (Å²) in [6, 6.07) is 20.5. The van der Waals surface area contributed by atoms with E-state index in [1.807, 2.05) is 41.3 Å². The molecule has 15 heteroatoms. The van der Waals surface area contributed by atoms with Gasteiger partial charge in [0.25, 0.3) is 0 Å². The molecule has 6 rings (SSSR count). The smallest absolute Gasteiger partial charge is 0.422 e. The largest absolute Gasteiger partial charge is 0.481 e. The number of amides is 1. The van der Waals surface area contributed by atoms with Gasteiger partial charge in [-0.3, -0.25) is 14.6 Å². The minimum atomic E-state index is -4.57. The number of hydrogen-bond donors (Lipinski definition) is 0. The van der Waals surface area contributed by atoms with Crippen LogP contribution in [0.3, 0.4) is 0 Å². The molecular formula is C34H42Cl2F3N5O5. The zero-order valence-corrected chi connectivity index (χ0v) is 29.0. The molecule has 0 saturated carbocycles. The van der Waals surface area contributed by atoms with Crippen molar-refractivity contribution < 1.29 is 36.9 Å². The molecule has 2 aromatic carbocycles. The highest BCUT2D eigenvalue weighted by Crippen LogP contribution is 2.38. The first-order valence-electron chi connectivity index (χ1n) is 15.9. The zero-order valence-electron chi connectivity index (χ0n) is 27.4. The number of carbonyl (C=O) groups is 1. The van der Waals surface area contributed by atoms with Gasteiger partial charge in [-0.25, -0.2) is 0 Å². The molecule has 4 heterocycles. The minimum absolute atomic E-state index is 0. The van der Waals surface area contributed by atoms with E-state index in [4.69, 9.17) is 18.9 Å². The maximum absolute atomic E-state index is 13.5. The third-order valence-electron chi connectivity index (χ3n) is 9.20. The van der Waals surface area contributed by atoms with Gasteiger partial charge in [-0.2, -0.15) is 23.1 Å². The number of methoxy groups -OCH3 is 2. The van der Waals surface area contributed by atoms with Gasteiger partial charge in [0.1, 0.15) is 0 Å². The summed E-state index contributed by atoms with van der Waals surface area (Å²) in [5.74, 6) is -0.186. The highest BCUT2D eigenvalue weighted by Gasteiger charge is 2.44. The van der Waals surface area contributed by atoms with Crippen LogP contribution in [-0.4, -0.2) is 116 Å². The molecule has 0 radical (unpaired) electrons. The van der Waals surface area contributed by atoms with Crippen molar-refractivity contribution in [1.82, 2.24) is 24.7 Å². The van der Waals surface area contributed by atoms with E-state index in [-0.39, 0.29) is 79.0 Å². The maximum Gasteiger partial charge on any atom is 0.422 e. The molecule has 0 spiro atoms. The number of nitrogens with zero attached hydrogens (tertiary/aromatic N) is 5. The van der Waals surface area contributed by atoms with Crippen molar-refractivity contribution in [1.29, 1.82) is 0 Å². The van der Waals surface area contributed by atoms with Crippen molar-refractivity contribution in [3.63, 3.8) is 0 Å². The Labute approximate surface area is 296 Å². The van der Waals surface area contributed by atoms with Gasteiger partial charge in [0, 0.05) is 63.9 Å². The third kappa shape index (κ3) is 9.06. The molecule has 3 saturated heterocycles. The van der Waals surface area contributed by atoms with Crippen LogP contribution in [-0.2, 0) is 16.1 Å². The fourth-order valence-corrected chi connectivity index (χ4v) is 7.10. The quantitative estimate of drug-likeness (QED) is 0.291. The second-order valence-corrected chi connectivity index (χ2v) is 12.2. The standard InChI is InChI=1S/C34H40F3N5O5.2ClH/c1-44-30-27(31(39-33(38-30)45-2)47-22-34(35,36)37)19-40-17-26-18-41(32(43)25-13-16-46-21-25)14-15-42(26)28(20-40)29(23-9-5-3-6-10-23)24-11-7-4-8-12-24;;/h3-12,25-26,28-29H,13-22H2,1-2H3;2*1H/t25?,26-,28+;;/m1../s1. The van der Waals surface area contributed by atoms with Gasteiger partial charge in [0.05, 0.1) is 32.3 Å². The van der Waals surface area contributed by atoms with Crippen LogP contribution < -0.4 is 14.2 Å². The van der Waals surface area contributed by atoms with Gasteiger partial charge < -0.3 is 23.8 Å². The molecule has 3 aromatic rings. The lowest BCUT2D eigenvalue weighted by atomic mass is 9.81. The molecule has 0 aliphatic carbocycles. The van der Waals surface area contributed by atoms with E-state index >= 15 is 0 Å². The number of rotatable bonds is 10. The van der Waals surface area contributed by atoms with E-state index < -0.39 is 12.8 Å². The van der Waals surface area contributed by atoms with Crippen molar-refractivity contribution in [3.8, 4) is 17.8 Å². The summed E-state index contributed by atoms with van der Waals surface area (Å²) in [6.07, 6.45) is -3.85. The summed E-state index contributed by atoms with van der Waals surface area (Å²) in [6.45, 7) is 2.69. The number of piperazine rings is 2. The summed E-state index contributed by atoms with van der Waals surface area (Å²) in [4.78, 5) is 28.6. The van der Waals surface area contributed by atoms with Crippen LogP contribution >= 0.6 is 24.8 Å². The molecule has 3 atom stereocenters. The van der Waals surface area contributed by atoms with E-state index in [0.29, 0.717) is 51.5 Å². The van der Waals surface area contributed by atoms with Gasteiger partial charge in [0.15, 0.2) is 6.61 Å². The molecule has 1 unspecified atom stereocenters. The Morgan fingerprint density at radius 3 is 2.14 bits per heavy atom. The average molecular weight is 729 g/mol. The molecule has 1 aromatic heterocycles. The van der Waals surface area contributed by atoms with Crippen molar-refractivity contribution >= 4 is 30.7 Å². The Balaban J connectivity index is 0.00000270. The second-order valence-electron chi connectivity index (χ2n) is 12.2. The van der Waals surface area contributed by atoms with Crippen LogP contribution in [0.4, 0.5) is 13.2 Å². The average Bonchev–Trinajstić information content (AvgIpc) is 3.63. The molecule has 1 amide bonds. The predicted octanol–water partition coefficient (Wildman–Crippen LogP) is 4.84. The molecule has 268 valence electrons. The second kappa shape index (κ2) is 17.0. The Hall–Kier alpha value is -3.36. The van der Waals surface area contributed by atoms with Gasteiger partial charge in [-0.15, -0.1) is 24.8 Å². The molecular weight excluding hydrogens is 686 g/mol. The number of ether oxygens (including phenoxy) is 4. The van der Waals surface area contributed by atoms with Gasteiger partial charge in [0.2, 0.25) is 17.7 Å². The number of aromatic nitrogens is 2. The maximum atomic E-state index is 13.5. The van der Waals surface area contributed by atoms with E-state index in [0.717, 1.165) is 17.5 Å². The molecule has 10 nitrogen and oxygen atoms in total. The Kier molecular flexibility index (Phi) is 13.4. The lowest BCUT2D eigenvalue weighted by molar-refractivity contribution is -0.154. The van der Waals surface area contributed by atoms with Crippen LogP contribution in [0.15, 0.2) is 60.7 Å². The topological polar surface area (TPSA) is 89.5 Å². The Bertz CT molecular complexity index is 1470. The van der Waals surface area contributed by atoms with Crippen LogP contribution in [0.25, 0.3) is 0 Å². The SMILES string of the molecule is COc1nc(OC)c(CN2C[C@@H]3CN(C(=O)C4CCOC4)CCN3[C@H](C(c3ccccc3)c3ccccc3)C2)c(OCC(F)(F)F)n1.Cl.Cl. The summed E-state index contributed by atoms with van der Waals surface area (Å²) in [7, 11) is 2.73. The minimum Gasteiger partial charge on any atom is -0.481 e.